The van der Waals surface area contributed by atoms with Crippen molar-refractivity contribution in [1.82, 2.24) is 24.6 Å². The van der Waals surface area contributed by atoms with E-state index in [1.165, 1.54) is 0 Å². The summed E-state index contributed by atoms with van der Waals surface area (Å²) in [7, 11) is 3.75. The van der Waals surface area contributed by atoms with Gasteiger partial charge in [-0.15, -0.1) is 0 Å². The molecule has 0 radical (unpaired) electrons. The van der Waals surface area contributed by atoms with Crippen LogP contribution in [0.5, 0.6) is 0 Å². The molecule has 1 aliphatic heterocycles. The number of H-pyrrole nitrogens is 1. The van der Waals surface area contributed by atoms with Crippen molar-refractivity contribution in [2.24, 2.45) is 0 Å². The van der Waals surface area contributed by atoms with Gasteiger partial charge < -0.3 is 9.80 Å². The van der Waals surface area contributed by atoms with Crippen LogP contribution in [0.15, 0.2) is 23.3 Å². The molecular formula is C19H26N6O2. The van der Waals surface area contributed by atoms with E-state index in [2.05, 4.69) is 10.1 Å². The lowest BCUT2D eigenvalue weighted by molar-refractivity contribution is -0.133. The van der Waals surface area contributed by atoms with E-state index in [4.69, 9.17) is 4.98 Å². The van der Waals surface area contributed by atoms with Gasteiger partial charge in [-0.1, -0.05) is 0 Å². The summed E-state index contributed by atoms with van der Waals surface area (Å²) in [5, 5.41) is 4.16. The first-order valence-electron chi connectivity index (χ1n) is 9.55. The molecule has 8 heteroatoms. The van der Waals surface area contributed by atoms with Gasteiger partial charge in [-0.3, -0.25) is 19.3 Å². The first-order chi connectivity index (χ1) is 13.0. The van der Waals surface area contributed by atoms with Gasteiger partial charge in [-0.2, -0.15) is 5.10 Å². The van der Waals surface area contributed by atoms with Crippen LogP contribution in [0.1, 0.15) is 36.9 Å². The van der Waals surface area contributed by atoms with E-state index in [0.29, 0.717) is 25.5 Å². The summed E-state index contributed by atoms with van der Waals surface area (Å²) in [6.07, 6.45) is 7.58. The molecule has 27 heavy (non-hydrogen) atoms. The maximum absolute atomic E-state index is 12.8. The number of piperidine rings is 1. The number of amides is 1. The van der Waals surface area contributed by atoms with E-state index in [9.17, 15) is 9.59 Å². The first-order valence-corrected chi connectivity index (χ1v) is 9.55. The Morgan fingerprint density at radius 3 is 2.96 bits per heavy atom. The summed E-state index contributed by atoms with van der Waals surface area (Å²) in [4.78, 5) is 36.7. The molecule has 144 valence electrons. The van der Waals surface area contributed by atoms with Crippen molar-refractivity contribution < 1.29 is 4.79 Å². The lowest BCUT2D eigenvalue weighted by Gasteiger charge is -2.40. The SMILES string of the molecule is CN(C)c1nc2c(c(=O)[nH]1)CCC21CCCN(C(=O)CCn2cccn2)C1. The quantitative estimate of drug-likeness (QED) is 0.865. The number of nitrogens with one attached hydrogen (secondary N) is 1. The van der Waals surface area contributed by atoms with Crippen LogP contribution in [0.3, 0.4) is 0 Å². The molecule has 8 nitrogen and oxygen atoms in total. The number of carbonyl (C=O) groups excluding carboxylic acids is 1. The number of fused-ring (bicyclic) bond motifs is 2. The molecule has 1 unspecified atom stereocenters. The average molecular weight is 370 g/mol. The molecule has 2 aromatic heterocycles. The van der Waals surface area contributed by atoms with Crippen LogP contribution in [0.25, 0.3) is 0 Å². The summed E-state index contributed by atoms with van der Waals surface area (Å²) in [6.45, 7) is 2.02. The minimum absolute atomic E-state index is 0.0392. The molecule has 0 bridgehead atoms. The van der Waals surface area contributed by atoms with Crippen LogP contribution >= 0.6 is 0 Å². The summed E-state index contributed by atoms with van der Waals surface area (Å²) < 4.78 is 1.78. The van der Waals surface area contributed by atoms with Crippen molar-refractivity contribution in [1.29, 1.82) is 0 Å². The normalized spacial score (nSPS) is 21.5. The van der Waals surface area contributed by atoms with Crippen LogP contribution < -0.4 is 10.5 Å². The molecule has 1 N–H and O–H groups in total. The molecule has 0 saturated carbocycles. The van der Waals surface area contributed by atoms with Gasteiger partial charge in [0.1, 0.15) is 0 Å². The number of carbonyl (C=O) groups is 1. The highest BCUT2D eigenvalue weighted by Crippen LogP contribution is 2.43. The molecular weight excluding hydrogens is 344 g/mol. The Kier molecular flexibility index (Phi) is 4.49. The zero-order chi connectivity index (χ0) is 19.0. The van der Waals surface area contributed by atoms with Gasteiger partial charge in [0.15, 0.2) is 0 Å². The monoisotopic (exact) mass is 370 g/mol. The van der Waals surface area contributed by atoms with Gasteiger partial charge >= 0.3 is 0 Å². The molecule has 3 heterocycles. The zero-order valence-electron chi connectivity index (χ0n) is 15.9. The zero-order valence-corrected chi connectivity index (χ0v) is 15.9. The van der Waals surface area contributed by atoms with Crippen molar-refractivity contribution in [3.05, 3.63) is 40.1 Å². The highest BCUT2D eigenvalue weighted by Gasteiger charge is 2.45. The Labute approximate surface area is 158 Å². The fraction of sp³-hybridized carbons (Fsp3) is 0.579. The smallest absolute Gasteiger partial charge is 0.255 e. The van der Waals surface area contributed by atoms with Crippen LogP contribution in [0, 0.1) is 0 Å². The molecule has 1 fully saturated rings. The van der Waals surface area contributed by atoms with Crippen LogP contribution in [0.2, 0.25) is 0 Å². The number of rotatable bonds is 4. The fourth-order valence-electron chi connectivity index (χ4n) is 4.39. The highest BCUT2D eigenvalue weighted by molar-refractivity contribution is 5.76. The minimum Gasteiger partial charge on any atom is -0.348 e. The summed E-state index contributed by atoms with van der Waals surface area (Å²) in [5.41, 5.74) is 1.47. The summed E-state index contributed by atoms with van der Waals surface area (Å²) in [5.74, 6) is 0.734. The number of aromatic amines is 1. The van der Waals surface area contributed by atoms with Crippen molar-refractivity contribution in [2.75, 3.05) is 32.1 Å². The number of nitrogens with zero attached hydrogens (tertiary/aromatic N) is 5. The third-order valence-electron chi connectivity index (χ3n) is 5.83. The van der Waals surface area contributed by atoms with E-state index >= 15 is 0 Å². The highest BCUT2D eigenvalue weighted by atomic mass is 16.2. The molecule has 1 amide bonds. The number of aromatic nitrogens is 4. The van der Waals surface area contributed by atoms with Crippen LogP contribution in [0.4, 0.5) is 5.95 Å². The molecule has 1 spiro atoms. The predicted octanol–water partition coefficient (Wildman–Crippen LogP) is 0.929. The van der Waals surface area contributed by atoms with Gasteiger partial charge in [0.05, 0.1) is 5.69 Å². The van der Waals surface area contributed by atoms with Gasteiger partial charge in [0, 0.05) is 63.5 Å². The largest absolute Gasteiger partial charge is 0.348 e. The van der Waals surface area contributed by atoms with Gasteiger partial charge in [-0.25, -0.2) is 4.98 Å². The molecule has 2 aliphatic rings. The Hall–Kier alpha value is -2.64. The molecule has 4 rings (SSSR count). The molecule has 1 atom stereocenters. The van der Waals surface area contributed by atoms with Gasteiger partial charge in [0.2, 0.25) is 11.9 Å². The number of likely N-dealkylation sites (tertiary alicyclic amines) is 1. The first kappa shape index (κ1) is 17.8. The second kappa shape index (κ2) is 6.83. The van der Waals surface area contributed by atoms with E-state index in [0.717, 1.165) is 43.5 Å². The second-order valence-corrected chi connectivity index (χ2v) is 7.83. The van der Waals surface area contributed by atoms with E-state index in [-0.39, 0.29) is 16.9 Å². The van der Waals surface area contributed by atoms with Crippen molar-refractivity contribution in [3.63, 3.8) is 0 Å². The number of hydrogen-bond acceptors (Lipinski definition) is 5. The van der Waals surface area contributed by atoms with E-state index in [1.54, 1.807) is 10.9 Å². The maximum Gasteiger partial charge on any atom is 0.255 e. The Morgan fingerprint density at radius 1 is 1.37 bits per heavy atom. The predicted molar refractivity (Wildman–Crippen MR) is 102 cm³/mol. The lowest BCUT2D eigenvalue weighted by Crippen LogP contribution is -2.48. The summed E-state index contributed by atoms with van der Waals surface area (Å²) >= 11 is 0. The lowest BCUT2D eigenvalue weighted by atomic mass is 9.77. The molecule has 1 aliphatic carbocycles. The fourth-order valence-corrected chi connectivity index (χ4v) is 4.39. The van der Waals surface area contributed by atoms with E-state index in [1.807, 2.05) is 36.2 Å². The molecule has 1 saturated heterocycles. The Bertz CT molecular complexity index is 888. The van der Waals surface area contributed by atoms with Crippen LogP contribution in [-0.4, -0.2) is 57.7 Å². The van der Waals surface area contributed by atoms with Crippen molar-refractivity contribution in [3.8, 4) is 0 Å². The minimum atomic E-state index is -0.187. The molecule has 0 aromatic carbocycles. The van der Waals surface area contributed by atoms with Crippen molar-refractivity contribution >= 4 is 11.9 Å². The number of aryl methyl sites for hydroxylation is 1. The van der Waals surface area contributed by atoms with E-state index < -0.39 is 0 Å². The topological polar surface area (TPSA) is 87.1 Å². The summed E-state index contributed by atoms with van der Waals surface area (Å²) in [6, 6.07) is 1.86. The maximum atomic E-state index is 12.8. The standard InChI is InChI=1S/C19H26N6O2/c1-23(2)18-21-16-14(17(27)22-18)5-8-19(16)7-3-10-24(13-19)15(26)6-12-25-11-4-9-20-25/h4,9,11H,3,5-8,10,12-13H2,1-2H3,(H,21,22,27). The Morgan fingerprint density at radius 2 is 2.22 bits per heavy atom. The number of anilines is 1. The number of hydrogen-bond donors (Lipinski definition) is 1. The van der Waals surface area contributed by atoms with Crippen molar-refractivity contribution in [2.45, 2.75) is 44.1 Å². The third kappa shape index (κ3) is 3.24. The second-order valence-electron chi connectivity index (χ2n) is 7.83. The van der Waals surface area contributed by atoms with Crippen LogP contribution in [-0.2, 0) is 23.2 Å². The average Bonchev–Trinajstić information content (AvgIpc) is 3.29. The van der Waals surface area contributed by atoms with Gasteiger partial charge in [0.25, 0.3) is 5.56 Å². The third-order valence-corrected chi connectivity index (χ3v) is 5.83. The van der Waals surface area contributed by atoms with Gasteiger partial charge in [-0.05, 0) is 31.7 Å². The molecule has 2 aromatic rings. The Balaban J connectivity index is 1.55.